The third-order valence-corrected chi connectivity index (χ3v) is 6.27. The molecular formula is C19H26N6O2S2. The molecule has 0 fully saturated rings. The van der Waals surface area contributed by atoms with Crippen LogP contribution in [0.25, 0.3) is 0 Å². The van der Waals surface area contributed by atoms with Crippen LogP contribution >= 0.6 is 11.8 Å². The molecule has 156 valence electrons. The van der Waals surface area contributed by atoms with Gasteiger partial charge in [-0.1, -0.05) is 20.3 Å². The van der Waals surface area contributed by atoms with Crippen molar-refractivity contribution in [3.63, 3.8) is 0 Å². The highest BCUT2D eigenvalue weighted by Gasteiger charge is 2.13. The molecule has 0 radical (unpaired) electrons. The predicted octanol–water partition coefficient (Wildman–Crippen LogP) is 3.34. The van der Waals surface area contributed by atoms with E-state index in [1.165, 1.54) is 18.3 Å². The number of hydrogen-bond acceptors (Lipinski definition) is 8. The molecule has 0 aliphatic rings. The van der Waals surface area contributed by atoms with Crippen LogP contribution in [0.2, 0.25) is 0 Å². The number of thioether (sulfide) groups is 1. The van der Waals surface area contributed by atoms with Gasteiger partial charge in [0.05, 0.1) is 11.1 Å². The number of sulfonamides is 1. The lowest BCUT2D eigenvalue weighted by atomic mass is 10.3. The average Bonchev–Trinajstić information content (AvgIpc) is 2.72. The van der Waals surface area contributed by atoms with Gasteiger partial charge in [-0.15, -0.1) is 0 Å². The molecule has 0 saturated heterocycles. The molecule has 0 aliphatic heterocycles. The van der Waals surface area contributed by atoms with Crippen molar-refractivity contribution >= 4 is 39.2 Å². The first-order valence-electron chi connectivity index (χ1n) is 9.45. The smallest absolute Gasteiger partial charge is 0.240 e. The summed E-state index contributed by atoms with van der Waals surface area (Å²) in [5.74, 6) is 2.50. The summed E-state index contributed by atoms with van der Waals surface area (Å²) in [5.41, 5.74) is 1.02. The fourth-order valence-electron chi connectivity index (χ4n) is 2.36. The Balaban J connectivity index is 2.05. The number of nitriles is 1. The molecule has 29 heavy (non-hydrogen) atoms. The minimum absolute atomic E-state index is 0.201. The quantitative estimate of drug-likeness (QED) is 0.435. The summed E-state index contributed by atoms with van der Waals surface area (Å²) in [6.07, 6.45) is 3.46. The van der Waals surface area contributed by atoms with Gasteiger partial charge in [0.25, 0.3) is 0 Å². The van der Waals surface area contributed by atoms with Crippen molar-refractivity contribution in [3.05, 3.63) is 36.0 Å². The van der Waals surface area contributed by atoms with E-state index in [2.05, 4.69) is 38.3 Å². The Morgan fingerprint density at radius 2 is 1.93 bits per heavy atom. The summed E-state index contributed by atoms with van der Waals surface area (Å²) >= 11 is 1.68. The maximum absolute atomic E-state index is 12.3. The summed E-state index contributed by atoms with van der Waals surface area (Å²) in [4.78, 5) is 8.70. The standard InChI is InChI=1S/C19H26N6O2S2/c1-3-5-10-21-18-15(13-20)14-22-19(25-18)24-16-6-8-17(9-7-16)29(26,27)23-11-12-28-4-2/h6-9,14,23H,3-5,10-12H2,1-2H3,(H2,21,22,24,25). The van der Waals surface area contributed by atoms with Gasteiger partial charge in [0.1, 0.15) is 17.5 Å². The summed E-state index contributed by atoms with van der Waals surface area (Å²) in [6, 6.07) is 8.44. The molecule has 1 aromatic heterocycles. The maximum Gasteiger partial charge on any atom is 0.240 e. The van der Waals surface area contributed by atoms with Crippen molar-refractivity contribution in [1.29, 1.82) is 5.26 Å². The number of nitrogens with zero attached hydrogens (tertiary/aromatic N) is 3. The van der Waals surface area contributed by atoms with E-state index < -0.39 is 10.0 Å². The van der Waals surface area contributed by atoms with Crippen LogP contribution in [0.1, 0.15) is 32.3 Å². The third kappa shape index (κ3) is 7.20. The van der Waals surface area contributed by atoms with Crippen molar-refractivity contribution in [2.75, 3.05) is 35.2 Å². The zero-order chi connectivity index (χ0) is 21.1. The molecule has 1 aromatic carbocycles. The zero-order valence-corrected chi connectivity index (χ0v) is 18.2. The first-order chi connectivity index (χ1) is 14.0. The number of unbranched alkanes of at least 4 members (excludes halogenated alkanes) is 1. The fraction of sp³-hybridized carbons (Fsp3) is 0.421. The van der Waals surface area contributed by atoms with Gasteiger partial charge in [-0.3, -0.25) is 0 Å². The minimum Gasteiger partial charge on any atom is -0.369 e. The Kier molecular flexibility index (Phi) is 9.18. The number of nitrogens with one attached hydrogen (secondary N) is 3. The first kappa shape index (κ1) is 22.9. The van der Waals surface area contributed by atoms with E-state index in [1.54, 1.807) is 23.9 Å². The lowest BCUT2D eigenvalue weighted by Crippen LogP contribution is -2.26. The van der Waals surface area contributed by atoms with E-state index in [0.717, 1.165) is 30.9 Å². The molecule has 0 atom stereocenters. The topological polar surface area (TPSA) is 120 Å². The van der Waals surface area contributed by atoms with Crippen molar-refractivity contribution in [1.82, 2.24) is 14.7 Å². The largest absolute Gasteiger partial charge is 0.369 e. The molecule has 0 bridgehead atoms. The van der Waals surface area contributed by atoms with Crippen molar-refractivity contribution in [2.45, 2.75) is 31.6 Å². The zero-order valence-electron chi connectivity index (χ0n) is 16.6. The molecule has 10 heteroatoms. The molecule has 0 aliphatic carbocycles. The molecule has 0 unspecified atom stereocenters. The Morgan fingerprint density at radius 3 is 2.59 bits per heavy atom. The number of benzene rings is 1. The number of rotatable bonds is 12. The monoisotopic (exact) mass is 434 g/mol. The van der Waals surface area contributed by atoms with Gasteiger partial charge < -0.3 is 10.6 Å². The van der Waals surface area contributed by atoms with E-state index >= 15 is 0 Å². The van der Waals surface area contributed by atoms with E-state index in [0.29, 0.717) is 29.6 Å². The summed E-state index contributed by atoms with van der Waals surface area (Å²) in [7, 11) is -3.53. The average molecular weight is 435 g/mol. The van der Waals surface area contributed by atoms with Crippen LogP contribution in [0.5, 0.6) is 0 Å². The van der Waals surface area contributed by atoms with Gasteiger partial charge >= 0.3 is 0 Å². The van der Waals surface area contributed by atoms with Crippen LogP contribution in [0.15, 0.2) is 35.4 Å². The van der Waals surface area contributed by atoms with E-state index in [4.69, 9.17) is 0 Å². The number of aromatic nitrogens is 2. The number of anilines is 3. The summed E-state index contributed by atoms with van der Waals surface area (Å²) < 4.78 is 27.2. The third-order valence-electron chi connectivity index (χ3n) is 3.90. The SMILES string of the molecule is CCCCNc1nc(Nc2ccc(S(=O)(=O)NCCSCC)cc2)ncc1C#N. The van der Waals surface area contributed by atoms with Gasteiger partial charge in [-0.2, -0.15) is 22.0 Å². The van der Waals surface area contributed by atoms with Crippen LogP contribution < -0.4 is 15.4 Å². The van der Waals surface area contributed by atoms with E-state index in [-0.39, 0.29) is 4.90 Å². The second-order valence-electron chi connectivity index (χ2n) is 6.09. The Bertz CT molecular complexity index is 927. The maximum atomic E-state index is 12.3. The van der Waals surface area contributed by atoms with Crippen molar-refractivity contribution in [2.24, 2.45) is 0 Å². The van der Waals surface area contributed by atoms with Crippen LogP contribution in [0.3, 0.4) is 0 Å². The molecule has 3 N–H and O–H groups in total. The summed E-state index contributed by atoms with van der Waals surface area (Å²) in [6.45, 7) is 5.24. The molecule has 0 amide bonds. The molecule has 0 saturated carbocycles. The van der Waals surface area contributed by atoms with Crippen LogP contribution in [-0.2, 0) is 10.0 Å². The van der Waals surface area contributed by atoms with E-state index in [9.17, 15) is 13.7 Å². The van der Waals surface area contributed by atoms with Gasteiger partial charge in [0.2, 0.25) is 16.0 Å². The minimum atomic E-state index is -3.53. The lowest BCUT2D eigenvalue weighted by molar-refractivity contribution is 0.584. The van der Waals surface area contributed by atoms with E-state index in [1.807, 2.05) is 6.92 Å². The Hall–Kier alpha value is -2.35. The predicted molar refractivity (Wildman–Crippen MR) is 118 cm³/mol. The van der Waals surface area contributed by atoms with Crippen molar-refractivity contribution < 1.29 is 8.42 Å². The first-order valence-corrected chi connectivity index (χ1v) is 12.1. The normalized spacial score (nSPS) is 11.1. The fourth-order valence-corrected chi connectivity index (χ4v) is 4.06. The van der Waals surface area contributed by atoms with Gasteiger partial charge in [0.15, 0.2) is 0 Å². The Morgan fingerprint density at radius 1 is 1.17 bits per heavy atom. The molecule has 8 nitrogen and oxygen atoms in total. The van der Waals surface area contributed by atoms with Crippen LogP contribution in [0.4, 0.5) is 17.5 Å². The van der Waals surface area contributed by atoms with Gasteiger partial charge in [-0.05, 0) is 36.4 Å². The Labute approximate surface area is 176 Å². The van der Waals surface area contributed by atoms with Crippen LogP contribution in [-0.4, -0.2) is 43.0 Å². The molecule has 1 heterocycles. The second-order valence-corrected chi connectivity index (χ2v) is 9.25. The van der Waals surface area contributed by atoms with Gasteiger partial charge in [0, 0.05) is 24.5 Å². The summed E-state index contributed by atoms with van der Waals surface area (Å²) in [5, 5.41) is 15.4. The van der Waals surface area contributed by atoms with Gasteiger partial charge in [-0.25, -0.2) is 18.1 Å². The number of hydrogen-bond donors (Lipinski definition) is 3. The highest BCUT2D eigenvalue weighted by atomic mass is 32.2. The van der Waals surface area contributed by atoms with Crippen molar-refractivity contribution in [3.8, 4) is 6.07 Å². The molecular weight excluding hydrogens is 408 g/mol. The lowest BCUT2D eigenvalue weighted by Gasteiger charge is -2.10. The molecule has 2 rings (SSSR count). The van der Waals surface area contributed by atoms with Crippen LogP contribution in [0, 0.1) is 11.3 Å². The highest BCUT2D eigenvalue weighted by Crippen LogP contribution is 2.19. The molecule has 0 spiro atoms. The molecule has 2 aromatic rings. The highest BCUT2D eigenvalue weighted by molar-refractivity contribution is 7.99. The second kappa shape index (κ2) is 11.6.